The fourth-order valence-electron chi connectivity index (χ4n) is 4.76. The summed E-state index contributed by atoms with van der Waals surface area (Å²) in [5.41, 5.74) is -0.495. The molecule has 2 aliphatic rings. The van der Waals surface area contributed by atoms with E-state index in [-0.39, 0.29) is 18.2 Å². The minimum Gasteiger partial charge on any atom is -0.454 e. The molecular weight excluding hydrogens is 438 g/mol. The van der Waals surface area contributed by atoms with Gasteiger partial charge in [-0.15, -0.1) is 0 Å². The van der Waals surface area contributed by atoms with E-state index in [9.17, 15) is 19.2 Å². The van der Waals surface area contributed by atoms with Gasteiger partial charge in [0.25, 0.3) is 11.5 Å². The van der Waals surface area contributed by atoms with Crippen LogP contribution in [0.5, 0.6) is 0 Å². The molecule has 9 nitrogen and oxygen atoms in total. The van der Waals surface area contributed by atoms with Crippen LogP contribution in [0, 0.1) is 5.92 Å². The van der Waals surface area contributed by atoms with Crippen LogP contribution in [-0.2, 0) is 29.5 Å². The van der Waals surface area contributed by atoms with Gasteiger partial charge in [0.15, 0.2) is 11.9 Å². The van der Waals surface area contributed by atoms with Gasteiger partial charge in [-0.3, -0.25) is 19.0 Å². The Morgan fingerprint density at radius 1 is 1.15 bits per heavy atom. The maximum absolute atomic E-state index is 13.7. The van der Waals surface area contributed by atoms with E-state index in [2.05, 4.69) is 10.3 Å². The highest BCUT2D eigenvalue weighted by Crippen LogP contribution is 2.49. The lowest BCUT2D eigenvalue weighted by Crippen LogP contribution is -2.36. The maximum atomic E-state index is 13.7. The number of para-hydroxylation sites is 2. The molecule has 1 fully saturated rings. The summed E-state index contributed by atoms with van der Waals surface area (Å²) in [4.78, 5) is 56.5. The Hall–Kier alpha value is -4.01. The van der Waals surface area contributed by atoms with E-state index in [4.69, 9.17) is 9.47 Å². The van der Waals surface area contributed by atoms with Crippen LogP contribution >= 0.6 is 0 Å². The fourth-order valence-corrected chi connectivity index (χ4v) is 4.76. The third kappa shape index (κ3) is 3.19. The first kappa shape index (κ1) is 21.8. The van der Waals surface area contributed by atoms with Crippen LogP contribution in [0.1, 0.15) is 50.7 Å². The Labute approximate surface area is 194 Å². The molecule has 3 heterocycles. The summed E-state index contributed by atoms with van der Waals surface area (Å²) < 4.78 is 12.5. The highest BCUT2D eigenvalue weighted by Gasteiger charge is 2.59. The molecule has 174 valence electrons. The monoisotopic (exact) mass is 461 g/mol. The number of anilines is 1. The van der Waals surface area contributed by atoms with Crippen LogP contribution in [-0.4, -0.2) is 27.4 Å². The SMILES string of the molecule is CC(=O)OC(c1nc2ccccc2c(=O)n1[C@@H]1C[C@]2(OC1=O)C(=O)Nc1ccccc12)C(C)C. The summed E-state index contributed by atoms with van der Waals surface area (Å²) in [6.07, 6.45) is -0.976. The molecule has 1 saturated heterocycles. The number of hydrogen-bond donors (Lipinski definition) is 1. The number of benzene rings is 2. The third-order valence-corrected chi connectivity index (χ3v) is 6.30. The first-order valence-corrected chi connectivity index (χ1v) is 11.0. The molecular formula is C25H23N3O6. The van der Waals surface area contributed by atoms with E-state index in [0.717, 1.165) is 0 Å². The number of fused-ring (bicyclic) bond motifs is 3. The second kappa shape index (κ2) is 7.79. The second-order valence-corrected chi connectivity index (χ2v) is 8.90. The first-order chi connectivity index (χ1) is 16.2. The Kier molecular flexibility index (Phi) is 5.00. The van der Waals surface area contributed by atoms with Crippen LogP contribution < -0.4 is 10.9 Å². The van der Waals surface area contributed by atoms with Gasteiger partial charge in [0.05, 0.1) is 10.9 Å². The molecule has 0 radical (unpaired) electrons. The third-order valence-electron chi connectivity index (χ3n) is 6.30. The topological polar surface area (TPSA) is 117 Å². The van der Waals surface area contributed by atoms with Crippen molar-refractivity contribution >= 4 is 34.4 Å². The van der Waals surface area contributed by atoms with Gasteiger partial charge < -0.3 is 14.8 Å². The molecule has 0 bridgehead atoms. The number of carbonyl (C=O) groups is 3. The van der Waals surface area contributed by atoms with Gasteiger partial charge in [-0.1, -0.05) is 44.2 Å². The average molecular weight is 461 g/mol. The number of nitrogens with zero attached hydrogens (tertiary/aromatic N) is 2. The highest BCUT2D eigenvalue weighted by molar-refractivity contribution is 6.07. The molecule has 2 aliphatic heterocycles. The molecule has 3 aromatic rings. The van der Waals surface area contributed by atoms with Crippen molar-refractivity contribution in [3.05, 3.63) is 70.3 Å². The summed E-state index contributed by atoms with van der Waals surface area (Å²) in [5.74, 6) is -1.84. The van der Waals surface area contributed by atoms with E-state index < -0.39 is 41.2 Å². The zero-order valence-corrected chi connectivity index (χ0v) is 18.9. The Morgan fingerprint density at radius 2 is 1.85 bits per heavy atom. The number of rotatable bonds is 4. The minimum absolute atomic E-state index is 0.0908. The number of amides is 1. The van der Waals surface area contributed by atoms with Crippen molar-refractivity contribution in [2.24, 2.45) is 5.92 Å². The van der Waals surface area contributed by atoms with Crippen molar-refractivity contribution in [3.63, 3.8) is 0 Å². The molecule has 1 amide bonds. The van der Waals surface area contributed by atoms with Crippen molar-refractivity contribution < 1.29 is 23.9 Å². The summed E-state index contributed by atoms with van der Waals surface area (Å²) >= 11 is 0. The Morgan fingerprint density at radius 3 is 2.59 bits per heavy atom. The number of nitrogens with one attached hydrogen (secondary N) is 1. The number of aromatic nitrogens is 2. The second-order valence-electron chi connectivity index (χ2n) is 8.90. The van der Waals surface area contributed by atoms with Crippen LogP contribution in [0.4, 0.5) is 5.69 Å². The maximum Gasteiger partial charge on any atom is 0.330 e. The van der Waals surface area contributed by atoms with Crippen LogP contribution in [0.15, 0.2) is 53.3 Å². The van der Waals surface area contributed by atoms with Crippen molar-refractivity contribution in [2.45, 2.75) is 44.9 Å². The molecule has 34 heavy (non-hydrogen) atoms. The fraction of sp³-hybridized carbons (Fsp3) is 0.320. The molecule has 5 rings (SSSR count). The number of ether oxygens (including phenoxy) is 2. The molecule has 1 aromatic heterocycles. The van der Waals surface area contributed by atoms with Gasteiger partial charge in [0, 0.05) is 24.6 Å². The molecule has 9 heteroatoms. The Bertz CT molecular complexity index is 1410. The number of esters is 2. The van der Waals surface area contributed by atoms with E-state index in [1.165, 1.54) is 11.5 Å². The van der Waals surface area contributed by atoms with Gasteiger partial charge in [0.1, 0.15) is 6.04 Å². The molecule has 1 spiro atoms. The molecule has 2 aromatic carbocycles. The van der Waals surface area contributed by atoms with Gasteiger partial charge >= 0.3 is 11.9 Å². The molecule has 1 unspecified atom stereocenters. The zero-order chi connectivity index (χ0) is 24.2. The van der Waals surface area contributed by atoms with Crippen molar-refractivity contribution in [3.8, 4) is 0 Å². The average Bonchev–Trinajstić information content (AvgIpc) is 3.28. The first-order valence-electron chi connectivity index (χ1n) is 11.0. The van der Waals surface area contributed by atoms with Crippen LogP contribution in [0.3, 0.4) is 0 Å². The van der Waals surface area contributed by atoms with Gasteiger partial charge in [-0.2, -0.15) is 0 Å². The zero-order valence-electron chi connectivity index (χ0n) is 18.9. The van der Waals surface area contributed by atoms with Crippen LogP contribution in [0.25, 0.3) is 10.9 Å². The number of hydrogen-bond acceptors (Lipinski definition) is 7. The normalized spacial score (nSPS) is 22.1. The van der Waals surface area contributed by atoms with Crippen LogP contribution in [0.2, 0.25) is 0 Å². The minimum atomic E-state index is -1.55. The Balaban J connectivity index is 1.72. The molecule has 3 atom stereocenters. The molecule has 0 aliphatic carbocycles. The van der Waals surface area contributed by atoms with Gasteiger partial charge in [0.2, 0.25) is 5.60 Å². The van der Waals surface area contributed by atoms with Crippen molar-refractivity contribution in [1.29, 1.82) is 0 Å². The van der Waals surface area contributed by atoms with E-state index >= 15 is 0 Å². The largest absolute Gasteiger partial charge is 0.454 e. The summed E-state index contributed by atoms with van der Waals surface area (Å²) in [5, 5.41) is 3.07. The van der Waals surface area contributed by atoms with E-state index in [1.54, 1.807) is 48.5 Å². The van der Waals surface area contributed by atoms with Crippen molar-refractivity contribution in [1.82, 2.24) is 9.55 Å². The van der Waals surface area contributed by atoms with E-state index in [0.29, 0.717) is 22.2 Å². The highest BCUT2D eigenvalue weighted by atomic mass is 16.6. The predicted octanol–water partition coefficient (Wildman–Crippen LogP) is 2.99. The molecule has 0 saturated carbocycles. The lowest BCUT2D eigenvalue weighted by atomic mass is 9.90. The number of carbonyl (C=O) groups excluding carboxylic acids is 3. The van der Waals surface area contributed by atoms with Gasteiger partial charge in [-0.25, -0.2) is 9.78 Å². The molecule has 1 N–H and O–H groups in total. The van der Waals surface area contributed by atoms with Gasteiger partial charge in [-0.05, 0) is 24.1 Å². The lowest BCUT2D eigenvalue weighted by Gasteiger charge is -2.25. The quantitative estimate of drug-likeness (QED) is 0.594. The summed E-state index contributed by atoms with van der Waals surface area (Å²) in [6, 6.07) is 12.6. The van der Waals surface area contributed by atoms with Crippen molar-refractivity contribution in [2.75, 3.05) is 5.32 Å². The lowest BCUT2D eigenvalue weighted by molar-refractivity contribution is -0.157. The smallest absolute Gasteiger partial charge is 0.330 e. The summed E-state index contributed by atoms with van der Waals surface area (Å²) in [7, 11) is 0. The van der Waals surface area contributed by atoms with E-state index in [1.807, 2.05) is 13.8 Å². The summed E-state index contributed by atoms with van der Waals surface area (Å²) in [6.45, 7) is 4.93. The predicted molar refractivity (Wildman–Crippen MR) is 122 cm³/mol. The standard InChI is InChI=1S/C25H23N3O6/c1-13(2)20(33-14(3)29)21-26-17-10-6-4-8-15(17)22(30)28(21)19-12-25(34-23(19)31)16-9-5-7-11-18(16)27-24(25)32/h4-11,13,19-20H,12H2,1-3H3,(H,27,32)/t19-,20?,25-/m1/s1.